The van der Waals surface area contributed by atoms with E-state index in [9.17, 15) is 0 Å². The summed E-state index contributed by atoms with van der Waals surface area (Å²) in [5, 5.41) is 4.05. The summed E-state index contributed by atoms with van der Waals surface area (Å²) in [5.41, 5.74) is 1.00. The minimum atomic E-state index is 0.847. The molecule has 72 valence electrons. The van der Waals surface area contributed by atoms with Crippen LogP contribution in [0.15, 0.2) is 24.4 Å². The van der Waals surface area contributed by atoms with E-state index < -0.39 is 0 Å². The van der Waals surface area contributed by atoms with Gasteiger partial charge in [0.15, 0.2) is 5.13 Å². The van der Waals surface area contributed by atoms with E-state index >= 15 is 0 Å². The molecule has 0 amide bonds. The van der Waals surface area contributed by atoms with Crippen LogP contribution in [0.5, 0.6) is 0 Å². The number of anilines is 2. The number of aromatic nitrogens is 2. The Hall–Kier alpha value is -1.42. The van der Waals surface area contributed by atoms with Crippen molar-refractivity contribution in [2.75, 3.05) is 5.32 Å². The zero-order valence-corrected chi connectivity index (χ0v) is 8.93. The number of nitrogens with one attached hydrogen (secondary N) is 1. The van der Waals surface area contributed by atoms with E-state index in [0.717, 1.165) is 16.6 Å². The molecule has 0 aliphatic carbocycles. The minimum absolute atomic E-state index is 0.847. The van der Waals surface area contributed by atoms with Crippen molar-refractivity contribution in [3.05, 3.63) is 35.0 Å². The molecule has 4 heteroatoms. The van der Waals surface area contributed by atoms with E-state index in [0.29, 0.717) is 0 Å². The van der Waals surface area contributed by atoms with Gasteiger partial charge < -0.3 is 5.32 Å². The van der Waals surface area contributed by atoms with Crippen molar-refractivity contribution >= 4 is 22.3 Å². The van der Waals surface area contributed by atoms with E-state index in [1.54, 1.807) is 11.3 Å². The molecule has 2 aromatic rings. The number of hydrogen-bond donors (Lipinski definition) is 1. The van der Waals surface area contributed by atoms with Gasteiger partial charge in [0.05, 0.1) is 0 Å². The lowest BCUT2D eigenvalue weighted by atomic mass is 10.4. The standard InChI is InChI=1S/C10H11N3S/c1-7-4-3-5-9(12-7)13-10-11-6-8(2)14-10/h3-6H,1-2H3,(H,11,12,13). The van der Waals surface area contributed by atoms with Crippen LogP contribution in [0.1, 0.15) is 10.6 Å². The summed E-state index contributed by atoms with van der Waals surface area (Å²) in [6.07, 6.45) is 1.85. The number of hydrogen-bond acceptors (Lipinski definition) is 4. The maximum absolute atomic E-state index is 4.33. The SMILES string of the molecule is Cc1cccc(Nc2ncc(C)s2)n1. The molecule has 0 unspecified atom stereocenters. The molecule has 0 aliphatic heterocycles. The Labute approximate surface area is 86.8 Å². The molecule has 0 fully saturated rings. The van der Waals surface area contributed by atoms with Crippen LogP contribution < -0.4 is 5.32 Å². The third-order valence-electron chi connectivity index (χ3n) is 1.74. The van der Waals surface area contributed by atoms with Gasteiger partial charge in [-0.05, 0) is 26.0 Å². The molecule has 1 N–H and O–H groups in total. The molecule has 0 aliphatic rings. The fraction of sp³-hybridized carbons (Fsp3) is 0.200. The average Bonchev–Trinajstić information content (AvgIpc) is 2.51. The van der Waals surface area contributed by atoms with Gasteiger partial charge >= 0.3 is 0 Å². The highest BCUT2D eigenvalue weighted by Crippen LogP contribution is 2.20. The normalized spacial score (nSPS) is 10.1. The second kappa shape index (κ2) is 3.75. The molecule has 0 saturated carbocycles. The number of thiazole rings is 1. The summed E-state index contributed by atoms with van der Waals surface area (Å²) < 4.78 is 0. The molecule has 0 aromatic carbocycles. The van der Waals surface area contributed by atoms with Crippen molar-refractivity contribution in [1.82, 2.24) is 9.97 Å². The maximum Gasteiger partial charge on any atom is 0.188 e. The van der Waals surface area contributed by atoms with Crippen molar-refractivity contribution in [3.63, 3.8) is 0 Å². The Morgan fingerprint density at radius 1 is 1.29 bits per heavy atom. The number of nitrogens with zero attached hydrogens (tertiary/aromatic N) is 2. The molecule has 3 nitrogen and oxygen atoms in total. The van der Waals surface area contributed by atoms with Crippen molar-refractivity contribution in [2.24, 2.45) is 0 Å². The highest BCUT2D eigenvalue weighted by Gasteiger charge is 1.99. The van der Waals surface area contributed by atoms with E-state index in [1.165, 1.54) is 4.88 Å². The molecule has 2 heterocycles. The van der Waals surface area contributed by atoms with Crippen LogP contribution in [-0.4, -0.2) is 9.97 Å². The minimum Gasteiger partial charge on any atom is -0.316 e. The van der Waals surface area contributed by atoms with Crippen molar-refractivity contribution < 1.29 is 0 Å². The first kappa shape index (κ1) is 9.15. The van der Waals surface area contributed by atoms with Gasteiger partial charge in [-0.1, -0.05) is 6.07 Å². The smallest absolute Gasteiger partial charge is 0.188 e. The fourth-order valence-corrected chi connectivity index (χ4v) is 1.81. The zero-order valence-electron chi connectivity index (χ0n) is 8.11. The molecule has 0 bridgehead atoms. The molecule has 0 saturated heterocycles. The van der Waals surface area contributed by atoms with Gasteiger partial charge in [-0.2, -0.15) is 0 Å². The van der Waals surface area contributed by atoms with Crippen LogP contribution in [0, 0.1) is 13.8 Å². The molecule has 2 rings (SSSR count). The van der Waals surface area contributed by atoms with Crippen LogP contribution in [0.4, 0.5) is 10.9 Å². The van der Waals surface area contributed by atoms with Crippen LogP contribution in [0.3, 0.4) is 0 Å². The molecule has 14 heavy (non-hydrogen) atoms. The Kier molecular flexibility index (Phi) is 2.45. The van der Waals surface area contributed by atoms with Gasteiger partial charge in [-0.3, -0.25) is 0 Å². The molecular formula is C10H11N3S. The molecule has 0 radical (unpaired) electrons. The first-order valence-electron chi connectivity index (χ1n) is 4.37. The summed E-state index contributed by atoms with van der Waals surface area (Å²) in [7, 11) is 0. The number of rotatable bonds is 2. The third-order valence-corrected chi connectivity index (χ3v) is 2.57. The van der Waals surface area contributed by atoms with Crippen molar-refractivity contribution in [1.29, 1.82) is 0 Å². The van der Waals surface area contributed by atoms with Crippen molar-refractivity contribution in [2.45, 2.75) is 13.8 Å². The maximum atomic E-state index is 4.33. The second-order valence-electron chi connectivity index (χ2n) is 3.07. The van der Waals surface area contributed by atoms with Crippen LogP contribution in [0.25, 0.3) is 0 Å². The topological polar surface area (TPSA) is 37.8 Å². The molecule has 0 spiro atoms. The quantitative estimate of drug-likeness (QED) is 0.819. The third kappa shape index (κ3) is 2.09. The van der Waals surface area contributed by atoms with Gasteiger partial charge in [-0.15, -0.1) is 11.3 Å². The number of pyridine rings is 1. The summed E-state index contributed by atoms with van der Waals surface area (Å²) >= 11 is 1.63. The highest BCUT2D eigenvalue weighted by molar-refractivity contribution is 7.15. The van der Waals surface area contributed by atoms with E-state index in [2.05, 4.69) is 15.3 Å². The predicted molar refractivity (Wildman–Crippen MR) is 59.1 cm³/mol. The summed E-state index contributed by atoms with van der Waals surface area (Å²) in [5.74, 6) is 0.847. The van der Waals surface area contributed by atoms with Crippen LogP contribution >= 0.6 is 11.3 Å². The second-order valence-corrected chi connectivity index (χ2v) is 4.30. The van der Waals surface area contributed by atoms with Gasteiger partial charge in [0.1, 0.15) is 5.82 Å². The van der Waals surface area contributed by atoms with Crippen molar-refractivity contribution in [3.8, 4) is 0 Å². The first-order valence-corrected chi connectivity index (χ1v) is 5.19. The summed E-state index contributed by atoms with van der Waals surface area (Å²) in [4.78, 5) is 9.74. The van der Waals surface area contributed by atoms with Gasteiger partial charge in [-0.25, -0.2) is 9.97 Å². The van der Waals surface area contributed by atoms with E-state index in [1.807, 2.05) is 38.2 Å². The Morgan fingerprint density at radius 3 is 2.79 bits per heavy atom. The Morgan fingerprint density at radius 2 is 2.14 bits per heavy atom. The molecule has 0 atom stereocenters. The lowest BCUT2D eigenvalue weighted by molar-refractivity contribution is 1.19. The lowest BCUT2D eigenvalue weighted by Crippen LogP contribution is -1.93. The van der Waals surface area contributed by atoms with Gasteiger partial charge in [0.25, 0.3) is 0 Å². The first-order chi connectivity index (χ1) is 6.74. The zero-order chi connectivity index (χ0) is 9.97. The van der Waals surface area contributed by atoms with E-state index in [4.69, 9.17) is 0 Å². The van der Waals surface area contributed by atoms with E-state index in [-0.39, 0.29) is 0 Å². The largest absolute Gasteiger partial charge is 0.316 e. The lowest BCUT2D eigenvalue weighted by Gasteiger charge is -2.01. The van der Waals surface area contributed by atoms with Crippen LogP contribution in [-0.2, 0) is 0 Å². The van der Waals surface area contributed by atoms with Gasteiger partial charge in [0.2, 0.25) is 0 Å². The van der Waals surface area contributed by atoms with Gasteiger partial charge in [0, 0.05) is 16.8 Å². The Balaban J connectivity index is 2.18. The van der Waals surface area contributed by atoms with Crippen LogP contribution in [0.2, 0.25) is 0 Å². The highest BCUT2D eigenvalue weighted by atomic mass is 32.1. The monoisotopic (exact) mass is 205 g/mol. The predicted octanol–water partition coefficient (Wildman–Crippen LogP) is 2.90. The molecule has 2 aromatic heterocycles. The summed E-state index contributed by atoms with van der Waals surface area (Å²) in [6.45, 7) is 4.00. The fourth-order valence-electron chi connectivity index (χ4n) is 1.13. The average molecular weight is 205 g/mol. The molecular weight excluding hydrogens is 194 g/mol. The Bertz CT molecular complexity index is 436. The number of aryl methyl sites for hydroxylation is 2. The summed E-state index contributed by atoms with van der Waals surface area (Å²) in [6, 6.07) is 5.88.